The highest BCUT2D eigenvalue weighted by Gasteiger charge is 2.37. The lowest BCUT2D eigenvalue weighted by atomic mass is 9.93. The van der Waals surface area contributed by atoms with Crippen LogP contribution in [0.15, 0.2) is 47.1 Å². The fourth-order valence-electron chi connectivity index (χ4n) is 2.81. The van der Waals surface area contributed by atoms with E-state index in [-0.39, 0.29) is 12.2 Å². The molecule has 0 radical (unpaired) electrons. The van der Waals surface area contributed by atoms with Crippen molar-refractivity contribution in [2.24, 2.45) is 0 Å². The van der Waals surface area contributed by atoms with Gasteiger partial charge in [0.1, 0.15) is 6.10 Å². The average Bonchev–Trinajstić information content (AvgIpc) is 2.86. The smallest absolute Gasteiger partial charge is 0.328 e. The molecule has 1 saturated carbocycles. The van der Waals surface area contributed by atoms with Crippen LogP contribution in [0, 0.1) is 0 Å². The fourth-order valence-corrected chi connectivity index (χ4v) is 2.81. The molecule has 0 spiro atoms. The number of carbonyl (C=O) groups is 1. The van der Waals surface area contributed by atoms with Crippen LogP contribution in [0.2, 0.25) is 0 Å². The van der Waals surface area contributed by atoms with E-state index in [1.165, 1.54) is 23.6 Å². The van der Waals surface area contributed by atoms with Crippen molar-refractivity contribution in [1.82, 2.24) is 0 Å². The zero-order chi connectivity index (χ0) is 11.8. The number of hydrogen-bond acceptors (Lipinski definition) is 2. The van der Waals surface area contributed by atoms with Gasteiger partial charge < -0.3 is 9.84 Å². The lowest BCUT2D eigenvalue weighted by Crippen LogP contribution is -2.16. The molecule has 3 heteroatoms. The Hall–Kier alpha value is -1.61. The number of carboxylic acid groups (broad SMARTS) is 1. The van der Waals surface area contributed by atoms with Gasteiger partial charge in [0.05, 0.1) is 6.10 Å². The van der Waals surface area contributed by atoms with Crippen molar-refractivity contribution in [3.63, 3.8) is 0 Å². The summed E-state index contributed by atoms with van der Waals surface area (Å²) >= 11 is 0. The largest absolute Gasteiger partial charge is 0.478 e. The van der Waals surface area contributed by atoms with Crippen molar-refractivity contribution in [3.8, 4) is 0 Å². The molecule has 88 valence electrons. The molecule has 1 aliphatic heterocycles. The minimum Gasteiger partial charge on any atom is -0.478 e. The van der Waals surface area contributed by atoms with Crippen LogP contribution in [-0.2, 0) is 9.53 Å². The van der Waals surface area contributed by atoms with E-state index in [4.69, 9.17) is 9.84 Å². The molecule has 1 heterocycles. The first-order valence-electron chi connectivity index (χ1n) is 5.93. The van der Waals surface area contributed by atoms with Crippen molar-refractivity contribution in [2.45, 2.75) is 31.5 Å². The van der Waals surface area contributed by atoms with Crippen molar-refractivity contribution in [2.75, 3.05) is 0 Å². The second kappa shape index (κ2) is 4.00. The minimum absolute atomic E-state index is 0.0455. The van der Waals surface area contributed by atoms with Gasteiger partial charge in [0.15, 0.2) is 0 Å². The highest BCUT2D eigenvalue weighted by Crippen LogP contribution is 2.42. The van der Waals surface area contributed by atoms with Gasteiger partial charge in [0, 0.05) is 6.08 Å². The molecule has 0 aromatic carbocycles. The van der Waals surface area contributed by atoms with Crippen LogP contribution in [0.25, 0.3) is 0 Å². The summed E-state index contributed by atoms with van der Waals surface area (Å²) in [4.78, 5) is 10.5. The molecule has 0 aromatic heterocycles. The molecule has 17 heavy (non-hydrogen) atoms. The summed E-state index contributed by atoms with van der Waals surface area (Å²) in [6.07, 6.45) is 12.4. The van der Waals surface area contributed by atoms with Crippen molar-refractivity contribution < 1.29 is 14.6 Å². The maximum absolute atomic E-state index is 10.5. The zero-order valence-electron chi connectivity index (χ0n) is 9.43. The van der Waals surface area contributed by atoms with Crippen molar-refractivity contribution in [3.05, 3.63) is 47.1 Å². The molecule has 2 aliphatic carbocycles. The molecular weight excluding hydrogens is 216 g/mol. The number of aliphatic carboxylic acids is 1. The topological polar surface area (TPSA) is 46.5 Å². The second-order valence-electron chi connectivity index (χ2n) is 4.57. The second-order valence-corrected chi connectivity index (χ2v) is 4.57. The SMILES string of the molecule is O=C(O)C=CC1=CC=CC2=C3CCCC3OC12. The van der Waals surface area contributed by atoms with Crippen LogP contribution in [0.5, 0.6) is 0 Å². The predicted octanol–water partition coefficient (Wildman–Crippen LogP) is 2.37. The van der Waals surface area contributed by atoms with E-state index in [0.29, 0.717) is 0 Å². The number of carboxylic acids is 1. The summed E-state index contributed by atoms with van der Waals surface area (Å²) < 4.78 is 6.00. The highest BCUT2D eigenvalue weighted by atomic mass is 16.5. The minimum atomic E-state index is -0.923. The molecule has 0 aromatic rings. The van der Waals surface area contributed by atoms with Crippen LogP contribution in [0.3, 0.4) is 0 Å². The number of rotatable bonds is 2. The van der Waals surface area contributed by atoms with Gasteiger partial charge in [-0.05, 0) is 42.1 Å². The van der Waals surface area contributed by atoms with Gasteiger partial charge in [-0.3, -0.25) is 0 Å². The Morgan fingerprint density at radius 1 is 1.53 bits per heavy atom. The van der Waals surface area contributed by atoms with Gasteiger partial charge in [0.25, 0.3) is 0 Å². The van der Waals surface area contributed by atoms with Gasteiger partial charge in [-0.2, -0.15) is 0 Å². The van der Waals surface area contributed by atoms with E-state index in [9.17, 15) is 4.79 Å². The first-order chi connectivity index (χ1) is 8.25. The number of allylic oxidation sites excluding steroid dienone is 2. The summed E-state index contributed by atoms with van der Waals surface area (Å²) in [5, 5.41) is 8.66. The molecule has 0 saturated heterocycles. The fraction of sp³-hybridized carbons (Fsp3) is 0.357. The van der Waals surface area contributed by atoms with Gasteiger partial charge in [-0.25, -0.2) is 4.79 Å². The Bertz CT molecular complexity index is 480. The van der Waals surface area contributed by atoms with Gasteiger partial charge in [-0.1, -0.05) is 18.2 Å². The molecule has 3 nitrogen and oxygen atoms in total. The molecule has 1 fully saturated rings. The van der Waals surface area contributed by atoms with Crippen LogP contribution >= 0.6 is 0 Å². The van der Waals surface area contributed by atoms with E-state index in [1.54, 1.807) is 6.08 Å². The predicted molar refractivity (Wildman–Crippen MR) is 63.5 cm³/mol. The third kappa shape index (κ3) is 1.76. The number of fused-ring (bicyclic) bond motifs is 2. The Kier molecular flexibility index (Phi) is 2.48. The lowest BCUT2D eigenvalue weighted by Gasteiger charge is -2.18. The first-order valence-corrected chi connectivity index (χ1v) is 5.93. The van der Waals surface area contributed by atoms with E-state index >= 15 is 0 Å². The lowest BCUT2D eigenvalue weighted by molar-refractivity contribution is -0.131. The van der Waals surface area contributed by atoms with Crippen LogP contribution in [0.4, 0.5) is 0 Å². The van der Waals surface area contributed by atoms with E-state index in [2.05, 4.69) is 6.08 Å². The van der Waals surface area contributed by atoms with Gasteiger partial charge in [-0.15, -0.1) is 0 Å². The monoisotopic (exact) mass is 230 g/mol. The standard InChI is InChI=1S/C14H14O3/c15-13(16)8-7-9-3-1-5-11-10-4-2-6-12(10)17-14(9)11/h1,3,5,7-8,12,14H,2,4,6H2,(H,15,16). The maximum Gasteiger partial charge on any atom is 0.328 e. The number of ether oxygens (including phenoxy) is 1. The molecule has 3 rings (SSSR count). The molecule has 3 aliphatic rings. The number of hydrogen-bond donors (Lipinski definition) is 1. The maximum atomic E-state index is 10.5. The molecule has 0 amide bonds. The third-order valence-corrected chi connectivity index (χ3v) is 3.54. The first kappa shape index (κ1) is 10.5. The molecule has 2 atom stereocenters. The molecule has 1 N–H and O–H groups in total. The van der Waals surface area contributed by atoms with Crippen LogP contribution in [0.1, 0.15) is 19.3 Å². The summed E-state index contributed by atoms with van der Waals surface area (Å²) in [7, 11) is 0. The molecule has 0 bridgehead atoms. The normalized spacial score (nSPS) is 30.7. The summed E-state index contributed by atoms with van der Waals surface area (Å²) in [6, 6.07) is 0. The third-order valence-electron chi connectivity index (χ3n) is 3.54. The van der Waals surface area contributed by atoms with Crippen LogP contribution < -0.4 is 0 Å². The van der Waals surface area contributed by atoms with E-state index in [0.717, 1.165) is 18.4 Å². The van der Waals surface area contributed by atoms with E-state index < -0.39 is 5.97 Å². The van der Waals surface area contributed by atoms with Gasteiger partial charge >= 0.3 is 5.97 Å². The van der Waals surface area contributed by atoms with Crippen molar-refractivity contribution >= 4 is 5.97 Å². The van der Waals surface area contributed by atoms with Crippen molar-refractivity contribution in [1.29, 1.82) is 0 Å². The molecular formula is C14H14O3. The highest BCUT2D eigenvalue weighted by molar-refractivity contribution is 5.80. The summed E-state index contributed by atoms with van der Waals surface area (Å²) in [6.45, 7) is 0. The van der Waals surface area contributed by atoms with Gasteiger partial charge in [0.2, 0.25) is 0 Å². The van der Waals surface area contributed by atoms with Crippen LogP contribution in [-0.4, -0.2) is 23.3 Å². The zero-order valence-corrected chi connectivity index (χ0v) is 9.43. The average molecular weight is 230 g/mol. The Morgan fingerprint density at radius 2 is 2.41 bits per heavy atom. The quantitative estimate of drug-likeness (QED) is 0.741. The summed E-state index contributed by atoms with van der Waals surface area (Å²) in [5.74, 6) is -0.923. The molecule has 2 unspecified atom stereocenters. The Morgan fingerprint density at radius 3 is 3.24 bits per heavy atom. The Balaban J connectivity index is 1.90. The Labute approximate surface area is 99.8 Å². The summed E-state index contributed by atoms with van der Waals surface area (Å²) in [5.41, 5.74) is 3.60. The van der Waals surface area contributed by atoms with E-state index in [1.807, 2.05) is 12.2 Å².